The number of halogens is 1. The number of nitrogens with zero attached hydrogens (tertiary/aromatic N) is 4. The highest BCUT2D eigenvalue weighted by atomic mass is 35.5. The number of carbonyl (C=O) groups is 1. The summed E-state index contributed by atoms with van der Waals surface area (Å²) in [5.41, 5.74) is 3.73. The Bertz CT molecular complexity index is 999. The molecule has 0 aromatic carbocycles. The first-order valence-corrected chi connectivity index (χ1v) is 7.36. The van der Waals surface area contributed by atoms with Gasteiger partial charge in [0.25, 0.3) is 11.5 Å². The number of aryl methyl sites for hydroxylation is 1. The van der Waals surface area contributed by atoms with E-state index >= 15 is 0 Å². The second kappa shape index (κ2) is 6.59. The second-order valence-electron chi connectivity index (χ2n) is 5.00. The lowest BCUT2D eigenvalue weighted by Gasteiger charge is -2.04. The fourth-order valence-electron chi connectivity index (χ4n) is 2.06. The average Bonchev–Trinajstić information content (AvgIpc) is 2.59. The molecule has 0 fully saturated rings. The molecule has 0 spiro atoms. The molecule has 3 rings (SSSR count). The molecule has 0 atom stereocenters. The molecule has 3 aromatic heterocycles. The fourth-order valence-corrected chi connectivity index (χ4v) is 2.27. The standard InChI is InChI=1S/C16H12ClN5O2/c1-10-4-5-13-20-14(17)12(16(24)22(13)9-10)8-19-21-15(23)11-3-2-6-18-7-11/h2-9H,1H3,(H,21,23). The van der Waals surface area contributed by atoms with Gasteiger partial charge in [0.1, 0.15) is 10.8 Å². The summed E-state index contributed by atoms with van der Waals surface area (Å²) in [5.74, 6) is -0.444. The summed E-state index contributed by atoms with van der Waals surface area (Å²) >= 11 is 6.04. The lowest BCUT2D eigenvalue weighted by Crippen LogP contribution is -2.22. The van der Waals surface area contributed by atoms with Crippen LogP contribution in [0.5, 0.6) is 0 Å². The van der Waals surface area contributed by atoms with Crippen molar-refractivity contribution in [3.05, 3.63) is 75.1 Å². The normalized spacial score (nSPS) is 11.1. The third-order valence-electron chi connectivity index (χ3n) is 3.24. The van der Waals surface area contributed by atoms with Crippen molar-refractivity contribution >= 4 is 29.4 Å². The number of hydrazone groups is 1. The van der Waals surface area contributed by atoms with Gasteiger partial charge in [0.2, 0.25) is 0 Å². The number of rotatable bonds is 3. The molecular formula is C16H12ClN5O2. The Kier molecular flexibility index (Phi) is 4.35. The van der Waals surface area contributed by atoms with Gasteiger partial charge in [-0.15, -0.1) is 0 Å². The van der Waals surface area contributed by atoms with Gasteiger partial charge in [-0.05, 0) is 30.7 Å². The molecule has 1 amide bonds. The van der Waals surface area contributed by atoms with Crippen LogP contribution in [0.3, 0.4) is 0 Å². The molecule has 0 aliphatic rings. The van der Waals surface area contributed by atoms with Gasteiger partial charge in [0.05, 0.1) is 17.3 Å². The van der Waals surface area contributed by atoms with Crippen LogP contribution in [0.15, 0.2) is 52.8 Å². The summed E-state index contributed by atoms with van der Waals surface area (Å²) in [7, 11) is 0. The highest BCUT2D eigenvalue weighted by Crippen LogP contribution is 2.10. The van der Waals surface area contributed by atoms with Crippen LogP contribution in [0.1, 0.15) is 21.5 Å². The zero-order valence-corrected chi connectivity index (χ0v) is 13.4. The average molecular weight is 342 g/mol. The number of carbonyl (C=O) groups excluding carboxylic acids is 1. The molecule has 1 N–H and O–H groups in total. The van der Waals surface area contributed by atoms with Crippen LogP contribution in [-0.2, 0) is 0 Å². The molecule has 3 aromatic rings. The molecule has 0 radical (unpaired) electrons. The number of pyridine rings is 2. The van der Waals surface area contributed by atoms with E-state index in [-0.39, 0.29) is 16.3 Å². The molecule has 8 heteroatoms. The topological polar surface area (TPSA) is 88.7 Å². The first kappa shape index (κ1) is 15.8. The molecule has 120 valence electrons. The highest BCUT2D eigenvalue weighted by molar-refractivity contribution is 6.32. The minimum absolute atomic E-state index is 0.0169. The van der Waals surface area contributed by atoms with Gasteiger partial charge >= 0.3 is 0 Å². The van der Waals surface area contributed by atoms with Gasteiger partial charge in [-0.3, -0.25) is 19.0 Å². The van der Waals surface area contributed by atoms with Crippen molar-refractivity contribution in [3.63, 3.8) is 0 Å². The summed E-state index contributed by atoms with van der Waals surface area (Å²) in [5, 5.41) is 3.80. The SMILES string of the molecule is Cc1ccc2nc(Cl)c(C=NNC(=O)c3cccnc3)c(=O)n2c1. The van der Waals surface area contributed by atoms with Crippen molar-refractivity contribution in [3.8, 4) is 0 Å². The number of hydrogen-bond donors (Lipinski definition) is 1. The maximum Gasteiger partial charge on any atom is 0.272 e. The van der Waals surface area contributed by atoms with Gasteiger partial charge < -0.3 is 0 Å². The molecule has 0 aliphatic heterocycles. The summed E-state index contributed by atoms with van der Waals surface area (Å²) in [6.07, 6.45) is 5.81. The van der Waals surface area contributed by atoms with Gasteiger partial charge in [0, 0.05) is 18.6 Å². The summed E-state index contributed by atoms with van der Waals surface area (Å²) < 4.78 is 1.38. The van der Waals surface area contributed by atoms with Gasteiger partial charge in [-0.1, -0.05) is 17.7 Å². The van der Waals surface area contributed by atoms with Crippen molar-refractivity contribution < 1.29 is 4.79 Å². The Hall–Kier alpha value is -3.06. The molecule has 0 saturated heterocycles. The van der Waals surface area contributed by atoms with E-state index in [2.05, 4.69) is 20.5 Å². The van der Waals surface area contributed by atoms with E-state index in [0.717, 1.165) is 5.56 Å². The van der Waals surface area contributed by atoms with Crippen LogP contribution >= 0.6 is 11.6 Å². The Morgan fingerprint density at radius 1 is 1.38 bits per heavy atom. The quantitative estimate of drug-likeness (QED) is 0.447. The fraction of sp³-hybridized carbons (Fsp3) is 0.0625. The van der Waals surface area contributed by atoms with Crippen molar-refractivity contribution in [2.75, 3.05) is 0 Å². The van der Waals surface area contributed by atoms with E-state index in [1.165, 1.54) is 16.8 Å². The largest absolute Gasteiger partial charge is 0.272 e. The maximum absolute atomic E-state index is 12.5. The lowest BCUT2D eigenvalue weighted by molar-refractivity contribution is 0.0955. The van der Waals surface area contributed by atoms with Crippen LogP contribution in [0.25, 0.3) is 5.65 Å². The molecule has 0 bridgehead atoms. The van der Waals surface area contributed by atoms with E-state index in [0.29, 0.717) is 11.2 Å². The molecule has 0 saturated carbocycles. The monoisotopic (exact) mass is 341 g/mol. The van der Waals surface area contributed by atoms with Crippen molar-refractivity contribution in [2.24, 2.45) is 5.10 Å². The van der Waals surface area contributed by atoms with Crippen LogP contribution in [0, 0.1) is 6.92 Å². The third-order valence-corrected chi connectivity index (χ3v) is 3.53. The maximum atomic E-state index is 12.5. The number of aromatic nitrogens is 3. The zero-order valence-electron chi connectivity index (χ0n) is 12.6. The third kappa shape index (κ3) is 3.16. The van der Waals surface area contributed by atoms with Crippen molar-refractivity contribution in [1.29, 1.82) is 0 Å². The van der Waals surface area contributed by atoms with Gasteiger partial charge in [-0.25, -0.2) is 10.4 Å². The molecule has 3 heterocycles. The Labute approximate surface area is 141 Å². The first-order valence-electron chi connectivity index (χ1n) is 6.98. The number of amides is 1. The number of fused-ring (bicyclic) bond motifs is 1. The minimum atomic E-state index is -0.444. The summed E-state index contributed by atoms with van der Waals surface area (Å²) in [6, 6.07) is 6.77. The Balaban J connectivity index is 1.90. The lowest BCUT2D eigenvalue weighted by atomic mass is 10.3. The molecular weight excluding hydrogens is 330 g/mol. The van der Waals surface area contributed by atoms with E-state index in [1.54, 1.807) is 30.6 Å². The van der Waals surface area contributed by atoms with E-state index in [1.807, 2.05) is 13.0 Å². The second-order valence-corrected chi connectivity index (χ2v) is 5.35. The molecule has 7 nitrogen and oxygen atoms in total. The van der Waals surface area contributed by atoms with Crippen molar-refractivity contribution in [1.82, 2.24) is 19.8 Å². The van der Waals surface area contributed by atoms with Crippen LogP contribution in [-0.4, -0.2) is 26.5 Å². The first-order chi connectivity index (χ1) is 11.6. The number of hydrogen-bond acceptors (Lipinski definition) is 5. The van der Waals surface area contributed by atoms with Gasteiger partial charge in [0.15, 0.2) is 0 Å². The van der Waals surface area contributed by atoms with E-state index in [4.69, 9.17) is 11.6 Å². The molecule has 0 unspecified atom stereocenters. The Morgan fingerprint density at radius 2 is 2.21 bits per heavy atom. The van der Waals surface area contributed by atoms with Crippen molar-refractivity contribution in [2.45, 2.75) is 6.92 Å². The smallest absolute Gasteiger partial charge is 0.268 e. The van der Waals surface area contributed by atoms with Crippen LogP contribution < -0.4 is 11.0 Å². The van der Waals surface area contributed by atoms with Crippen LogP contribution in [0.2, 0.25) is 5.15 Å². The summed E-state index contributed by atoms with van der Waals surface area (Å²) in [4.78, 5) is 32.3. The van der Waals surface area contributed by atoms with Gasteiger partial charge in [-0.2, -0.15) is 5.10 Å². The van der Waals surface area contributed by atoms with Crippen LogP contribution in [0.4, 0.5) is 0 Å². The predicted octanol–water partition coefficient (Wildman–Crippen LogP) is 1.82. The van der Waals surface area contributed by atoms with E-state index in [9.17, 15) is 9.59 Å². The predicted molar refractivity (Wildman–Crippen MR) is 90.5 cm³/mol. The zero-order chi connectivity index (χ0) is 17.1. The Morgan fingerprint density at radius 3 is 2.96 bits per heavy atom. The van der Waals surface area contributed by atoms with E-state index < -0.39 is 5.91 Å². The molecule has 24 heavy (non-hydrogen) atoms. The summed E-state index contributed by atoms with van der Waals surface area (Å²) in [6.45, 7) is 1.86. The number of nitrogens with one attached hydrogen (secondary N) is 1. The minimum Gasteiger partial charge on any atom is -0.268 e. The highest BCUT2D eigenvalue weighted by Gasteiger charge is 2.10. The molecule has 0 aliphatic carbocycles.